The maximum absolute atomic E-state index is 12.9. The molecule has 1 unspecified atom stereocenters. The summed E-state index contributed by atoms with van der Waals surface area (Å²) < 4.78 is 41.1. The lowest BCUT2D eigenvalue weighted by molar-refractivity contribution is 0.251. The number of ether oxygens (including phenoxy) is 1. The summed E-state index contributed by atoms with van der Waals surface area (Å²) in [6.45, 7) is 2.19. The zero-order valence-electron chi connectivity index (χ0n) is 10.6. The summed E-state index contributed by atoms with van der Waals surface area (Å²) in [5.74, 6) is -0.164. The summed E-state index contributed by atoms with van der Waals surface area (Å²) in [6.07, 6.45) is 1.55. The van der Waals surface area contributed by atoms with E-state index >= 15 is 0 Å². The first-order valence-electron chi connectivity index (χ1n) is 5.90. The molecule has 7 heteroatoms. The first kappa shape index (κ1) is 16.4. The van der Waals surface area contributed by atoms with Crippen molar-refractivity contribution in [2.45, 2.75) is 19.8 Å². The van der Waals surface area contributed by atoms with E-state index < -0.39 is 10.0 Å². The molecule has 0 spiro atoms. The Balaban J connectivity index is 2.65. The standard InChI is InChI=1S/C12H17BrFNO3S/c1-2-3-9(8-19(15,16)17)7-18-12-5-4-10(14)6-11(12)13/h4-6,9H,2-3,7-8H2,1H3,(H2,15,16,17). The smallest absolute Gasteiger partial charge is 0.209 e. The van der Waals surface area contributed by atoms with Crippen LogP contribution in [0.15, 0.2) is 22.7 Å². The lowest BCUT2D eigenvalue weighted by Gasteiger charge is -2.16. The Hall–Kier alpha value is -0.660. The molecule has 0 aliphatic rings. The predicted molar refractivity (Wildman–Crippen MR) is 76.0 cm³/mol. The van der Waals surface area contributed by atoms with Gasteiger partial charge in [-0.3, -0.25) is 0 Å². The average Bonchev–Trinajstić information content (AvgIpc) is 2.26. The summed E-state index contributed by atoms with van der Waals surface area (Å²) >= 11 is 3.19. The molecule has 0 aromatic heterocycles. The highest BCUT2D eigenvalue weighted by atomic mass is 79.9. The Morgan fingerprint density at radius 1 is 1.47 bits per heavy atom. The molecule has 0 aliphatic heterocycles. The Bertz CT molecular complexity index is 522. The zero-order chi connectivity index (χ0) is 14.5. The highest BCUT2D eigenvalue weighted by Gasteiger charge is 2.16. The first-order valence-corrected chi connectivity index (χ1v) is 8.41. The molecule has 0 heterocycles. The fourth-order valence-electron chi connectivity index (χ4n) is 1.75. The zero-order valence-corrected chi connectivity index (χ0v) is 13.0. The Morgan fingerprint density at radius 3 is 2.68 bits per heavy atom. The Labute approximate surface area is 121 Å². The van der Waals surface area contributed by atoms with Crippen LogP contribution in [0.1, 0.15) is 19.8 Å². The third-order valence-corrected chi connectivity index (χ3v) is 4.09. The van der Waals surface area contributed by atoms with E-state index in [9.17, 15) is 12.8 Å². The van der Waals surface area contributed by atoms with Crippen LogP contribution >= 0.6 is 15.9 Å². The molecule has 0 bridgehead atoms. The minimum atomic E-state index is -3.52. The van der Waals surface area contributed by atoms with Crippen LogP contribution in [0, 0.1) is 11.7 Å². The van der Waals surface area contributed by atoms with E-state index in [4.69, 9.17) is 9.88 Å². The number of nitrogens with two attached hydrogens (primary N) is 1. The molecular weight excluding hydrogens is 337 g/mol. The number of primary sulfonamides is 1. The van der Waals surface area contributed by atoms with Crippen molar-refractivity contribution < 1.29 is 17.5 Å². The van der Waals surface area contributed by atoms with Gasteiger partial charge in [-0.1, -0.05) is 13.3 Å². The number of sulfonamides is 1. The second-order valence-corrected chi connectivity index (χ2v) is 6.88. The first-order chi connectivity index (χ1) is 8.81. The fourth-order valence-corrected chi connectivity index (χ4v) is 3.14. The largest absolute Gasteiger partial charge is 0.492 e. The third kappa shape index (κ3) is 6.35. The molecule has 0 fully saturated rings. The van der Waals surface area contributed by atoms with E-state index in [1.807, 2.05) is 6.92 Å². The van der Waals surface area contributed by atoms with E-state index in [0.717, 1.165) is 6.42 Å². The van der Waals surface area contributed by atoms with Crippen LogP contribution < -0.4 is 9.88 Å². The maximum Gasteiger partial charge on any atom is 0.209 e. The quantitative estimate of drug-likeness (QED) is 0.819. The summed E-state index contributed by atoms with van der Waals surface area (Å²) in [7, 11) is -3.52. The van der Waals surface area contributed by atoms with Crippen molar-refractivity contribution in [2.24, 2.45) is 11.1 Å². The minimum Gasteiger partial charge on any atom is -0.492 e. The van der Waals surface area contributed by atoms with Gasteiger partial charge in [0.15, 0.2) is 0 Å². The number of rotatable bonds is 7. The van der Waals surface area contributed by atoms with Crippen molar-refractivity contribution in [1.29, 1.82) is 0 Å². The van der Waals surface area contributed by atoms with Gasteiger partial charge in [0.1, 0.15) is 11.6 Å². The Kier molecular flexibility index (Phi) is 6.22. The average molecular weight is 354 g/mol. The van der Waals surface area contributed by atoms with Gasteiger partial charge in [-0.15, -0.1) is 0 Å². The summed E-state index contributed by atoms with van der Waals surface area (Å²) in [5.41, 5.74) is 0. The second-order valence-electron chi connectivity index (χ2n) is 4.37. The number of hydrogen-bond donors (Lipinski definition) is 1. The van der Waals surface area contributed by atoms with Crippen molar-refractivity contribution in [1.82, 2.24) is 0 Å². The van der Waals surface area contributed by atoms with Gasteiger partial charge in [0.25, 0.3) is 0 Å². The van der Waals surface area contributed by atoms with E-state index in [-0.39, 0.29) is 24.1 Å². The van der Waals surface area contributed by atoms with Crippen LogP contribution in [0.5, 0.6) is 5.75 Å². The third-order valence-electron chi connectivity index (χ3n) is 2.53. The molecule has 0 amide bonds. The molecule has 2 N–H and O–H groups in total. The topological polar surface area (TPSA) is 69.4 Å². The number of benzene rings is 1. The molecule has 19 heavy (non-hydrogen) atoms. The van der Waals surface area contributed by atoms with Gasteiger partial charge in [-0.2, -0.15) is 0 Å². The maximum atomic E-state index is 12.9. The van der Waals surface area contributed by atoms with Crippen LogP contribution in [0.4, 0.5) is 4.39 Å². The SMILES string of the molecule is CCCC(COc1ccc(F)cc1Br)CS(N)(=O)=O. The molecule has 1 atom stereocenters. The van der Waals surface area contributed by atoms with Crippen LogP contribution in [0.2, 0.25) is 0 Å². The Morgan fingerprint density at radius 2 is 2.16 bits per heavy atom. The van der Waals surface area contributed by atoms with Crippen LogP contribution in [-0.2, 0) is 10.0 Å². The van der Waals surface area contributed by atoms with E-state index in [1.165, 1.54) is 18.2 Å². The molecule has 1 rings (SSSR count). The van der Waals surface area contributed by atoms with E-state index in [2.05, 4.69) is 15.9 Å². The van der Waals surface area contributed by atoms with Gasteiger partial charge < -0.3 is 4.74 Å². The van der Waals surface area contributed by atoms with Gasteiger partial charge in [0.2, 0.25) is 10.0 Å². The van der Waals surface area contributed by atoms with Crippen molar-refractivity contribution >= 4 is 26.0 Å². The second kappa shape index (κ2) is 7.21. The molecule has 0 radical (unpaired) electrons. The summed E-state index contributed by atoms with van der Waals surface area (Å²) in [5, 5.41) is 5.04. The fraction of sp³-hybridized carbons (Fsp3) is 0.500. The molecular formula is C12H17BrFNO3S. The van der Waals surface area contributed by atoms with E-state index in [1.54, 1.807) is 0 Å². The molecule has 108 valence electrons. The lowest BCUT2D eigenvalue weighted by Crippen LogP contribution is -2.27. The van der Waals surface area contributed by atoms with Gasteiger partial charge in [0.05, 0.1) is 16.8 Å². The number of hydrogen-bond acceptors (Lipinski definition) is 3. The van der Waals surface area contributed by atoms with Crippen LogP contribution in [0.3, 0.4) is 0 Å². The van der Waals surface area contributed by atoms with Gasteiger partial charge in [-0.25, -0.2) is 17.9 Å². The van der Waals surface area contributed by atoms with Gasteiger partial charge in [-0.05, 0) is 40.5 Å². The molecule has 0 saturated carbocycles. The van der Waals surface area contributed by atoms with Crippen molar-refractivity contribution in [3.05, 3.63) is 28.5 Å². The monoisotopic (exact) mass is 353 g/mol. The molecule has 0 saturated heterocycles. The van der Waals surface area contributed by atoms with Crippen molar-refractivity contribution in [2.75, 3.05) is 12.4 Å². The molecule has 1 aromatic rings. The predicted octanol–water partition coefficient (Wildman–Crippen LogP) is 2.67. The van der Waals surface area contributed by atoms with Crippen molar-refractivity contribution in [3.63, 3.8) is 0 Å². The van der Waals surface area contributed by atoms with Crippen LogP contribution in [-0.4, -0.2) is 20.8 Å². The summed E-state index contributed by atoms with van der Waals surface area (Å²) in [6, 6.07) is 4.08. The molecule has 0 aliphatic carbocycles. The lowest BCUT2D eigenvalue weighted by atomic mass is 10.1. The molecule has 4 nitrogen and oxygen atoms in total. The van der Waals surface area contributed by atoms with Gasteiger partial charge in [0, 0.05) is 5.92 Å². The molecule has 1 aromatic carbocycles. The highest BCUT2D eigenvalue weighted by Crippen LogP contribution is 2.26. The number of halogens is 2. The summed E-state index contributed by atoms with van der Waals surface area (Å²) in [4.78, 5) is 0. The van der Waals surface area contributed by atoms with Crippen molar-refractivity contribution in [3.8, 4) is 5.75 Å². The van der Waals surface area contributed by atoms with E-state index in [0.29, 0.717) is 16.6 Å². The normalized spacial score (nSPS) is 13.3. The van der Waals surface area contributed by atoms with Gasteiger partial charge >= 0.3 is 0 Å². The minimum absolute atomic E-state index is 0.111. The highest BCUT2D eigenvalue weighted by molar-refractivity contribution is 9.10. The van der Waals surface area contributed by atoms with Crippen LogP contribution in [0.25, 0.3) is 0 Å².